The molecule has 1 fully saturated rings. The Bertz CT molecular complexity index is 2470. The first kappa shape index (κ1) is 80.1. The van der Waals surface area contributed by atoms with E-state index >= 15 is 9.59 Å². The lowest BCUT2D eigenvalue weighted by atomic mass is 9.93. The van der Waals surface area contributed by atoms with Crippen LogP contribution in [0.25, 0.3) is 0 Å². The third-order valence-corrected chi connectivity index (χ3v) is 16.5. The molecule has 89 heavy (non-hydrogen) atoms. The highest BCUT2D eigenvalue weighted by Crippen LogP contribution is 2.25. The van der Waals surface area contributed by atoms with Crippen LogP contribution in [0.2, 0.25) is 0 Å². The number of nitrogens with zero attached hydrogens (tertiary/aromatic N) is 8. The van der Waals surface area contributed by atoms with Gasteiger partial charge < -0.3 is 65.6 Å². The van der Waals surface area contributed by atoms with Crippen molar-refractivity contribution in [1.82, 2.24) is 60.5 Å². The third-order valence-electron chi connectivity index (χ3n) is 16.5. The van der Waals surface area contributed by atoms with Gasteiger partial charge in [0.2, 0.25) is 70.9 Å². The van der Waals surface area contributed by atoms with Gasteiger partial charge in [0.1, 0.15) is 54.4 Å². The molecule has 1 heterocycles. The van der Waals surface area contributed by atoms with Gasteiger partial charge in [-0.3, -0.25) is 62.3 Å². The topological polar surface area (TPSA) is 316 Å². The smallest absolute Gasteiger partial charge is 0.305 e. The molecular formula is C63H112N12O14. The van der Waals surface area contributed by atoms with E-state index in [1.54, 1.807) is 34.6 Å². The van der Waals surface area contributed by atoms with Crippen LogP contribution in [0.15, 0.2) is 0 Å². The van der Waals surface area contributed by atoms with Crippen LogP contribution in [-0.4, -0.2) is 251 Å². The summed E-state index contributed by atoms with van der Waals surface area (Å²) < 4.78 is 0. The Kier molecular flexibility index (Phi) is 33.0. The van der Waals surface area contributed by atoms with Crippen LogP contribution >= 0.6 is 0 Å². The molecule has 0 saturated carbocycles. The molecule has 1 aliphatic heterocycles. The number of amides is 12. The fraction of sp³-hybridized carbons (Fsp3) is 0.794. The van der Waals surface area contributed by atoms with E-state index in [0.717, 1.165) is 4.90 Å². The first-order valence-electron chi connectivity index (χ1n) is 31.5. The summed E-state index contributed by atoms with van der Waals surface area (Å²) >= 11 is 0. The van der Waals surface area contributed by atoms with Crippen molar-refractivity contribution >= 4 is 76.9 Å². The highest BCUT2D eigenvalue weighted by Gasteiger charge is 2.44. The second-order valence-electron chi connectivity index (χ2n) is 27.0. The second-order valence-corrected chi connectivity index (χ2v) is 27.0. The lowest BCUT2D eigenvalue weighted by Gasteiger charge is -2.41. The van der Waals surface area contributed by atoms with E-state index in [4.69, 9.17) is 0 Å². The summed E-state index contributed by atoms with van der Waals surface area (Å²) in [7, 11) is 9.88. The number of carbonyl (C=O) groups is 13. The van der Waals surface area contributed by atoms with Crippen molar-refractivity contribution in [2.24, 2.45) is 41.4 Å². The Balaban J connectivity index is 4.24. The monoisotopic (exact) mass is 1260 g/mol. The van der Waals surface area contributed by atoms with Gasteiger partial charge >= 0.3 is 5.97 Å². The Morgan fingerprint density at radius 3 is 1.35 bits per heavy atom. The molecule has 26 heteroatoms. The number of nitrogens with one attached hydrogen (secondary N) is 4. The van der Waals surface area contributed by atoms with Crippen LogP contribution in [0.3, 0.4) is 0 Å². The van der Waals surface area contributed by atoms with Gasteiger partial charge in [0.15, 0.2) is 0 Å². The number of likely N-dealkylation sites (N-methyl/N-ethyl adjacent to an activating group) is 7. The van der Waals surface area contributed by atoms with Gasteiger partial charge in [-0.05, 0) is 93.8 Å². The minimum Gasteiger partial charge on any atom is -0.481 e. The molecule has 5 N–H and O–H groups in total. The van der Waals surface area contributed by atoms with E-state index in [1.807, 2.05) is 55.4 Å². The number of carboxylic acid groups (broad SMARTS) is 1. The maximum Gasteiger partial charge on any atom is 0.305 e. The van der Waals surface area contributed by atoms with E-state index in [1.165, 1.54) is 104 Å². The fourth-order valence-electron chi connectivity index (χ4n) is 10.9. The zero-order valence-corrected chi connectivity index (χ0v) is 57.8. The molecule has 0 aromatic carbocycles. The lowest BCUT2D eigenvalue weighted by molar-refractivity contribution is -0.156. The molecule has 10 atom stereocenters. The van der Waals surface area contributed by atoms with E-state index < -0.39 is 156 Å². The Labute approximate surface area is 530 Å². The van der Waals surface area contributed by atoms with Crippen molar-refractivity contribution in [3.05, 3.63) is 0 Å². The predicted molar refractivity (Wildman–Crippen MR) is 338 cm³/mol. The van der Waals surface area contributed by atoms with E-state index in [0.29, 0.717) is 0 Å². The zero-order valence-electron chi connectivity index (χ0n) is 57.8. The van der Waals surface area contributed by atoms with Crippen LogP contribution in [0.1, 0.15) is 156 Å². The van der Waals surface area contributed by atoms with E-state index in [9.17, 15) is 57.8 Å². The van der Waals surface area contributed by atoms with Crippen molar-refractivity contribution in [3.8, 4) is 0 Å². The van der Waals surface area contributed by atoms with E-state index in [-0.39, 0.29) is 87.6 Å². The third kappa shape index (κ3) is 24.4. The molecule has 0 aliphatic carbocycles. The number of aliphatic carboxylic acids is 1. The van der Waals surface area contributed by atoms with Gasteiger partial charge in [0, 0.05) is 69.3 Å². The molecule has 0 spiro atoms. The normalized spacial score (nSPS) is 24.8. The van der Waals surface area contributed by atoms with Gasteiger partial charge in [-0.2, -0.15) is 0 Å². The summed E-state index contributed by atoms with van der Waals surface area (Å²) in [6.07, 6.45) is 0.519. The van der Waals surface area contributed by atoms with Crippen LogP contribution in [-0.2, 0) is 62.3 Å². The molecule has 1 saturated heterocycles. The molecular weight excluding hydrogens is 1150 g/mol. The Hall–Kier alpha value is -6.89. The van der Waals surface area contributed by atoms with Crippen molar-refractivity contribution < 1.29 is 67.4 Å². The fourth-order valence-corrected chi connectivity index (χ4v) is 10.9. The molecule has 1 aliphatic rings. The number of carboxylic acids is 1. The molecule has 0 bridgehead atoms. The van der Waals surface area contributed by atoms with Crippen molar-refractivity contribution in [2.45, 2.75) is 210 Å². The van der Waals surface area contributed by atoms with E-state index in [2.05, 4.69) is 21.3 Å². The van der Waals surface area contributed by atoms with Crippen LogP contribution in [0.5, 0.6) is 0 Å². The van der Waals surface area contributed by atoms with Crippen molar-refractivity contribution in [1.29, 1.82) is 0 Å². The summed E-state index contributed by atoms with van der Waals surface area (Å²) in [4.78, 5) is 193. The first-order valence-corrected chi connectivity index (χ1v) is 31.5. The quantitative estimate of drug-likeness (QED) is 0.132. The minimum absolute atomic E-state index is 0.0288. The molecule has 10 unspecified atom stereocenters. The van der Waals surface area contributed by atoms with Gasteiger partial charge in [-0.25, -0.2) is 0 Å². The molecule has 12 amide bonds. The highest BCUT2D eigenvalue weighted by molar-refractivity contribution is 5.99. The number of rotatable bonds is 18. The van der Waals surface area contributed by atoms with Gasteiger partial charge in [-0.15, -0.1) is 0 Å². The summed E-state index contributed by atoms with van der Waals surface area (Å²) in [6.45, 7) is 26.6. The number of hydrogen-bond acceptors (Lipinski definition) is 13. The van der Waals surface area contributed by atoms with Crippen molar-refractivity contribution in [3.63, 3.8) is 0 Å². The number of hydrogen-bond donors (Lipinski definition) is 5. The largest absolute Gasteiger partial charge is 0.481 e. The van der Waals surface area contributed by atoms with Crippen molar-refractivity contribution in [2.75, 3.05) is 75.5 Å². The second kappa shape index (κ2) is 36.7. The molecule has 0 radical (unpaired) electrons. The summed E-state index contributed by atoms with van der Waals surface area (Å²) in [5.41, 5.74) is 0. The molecule has 1 rings (SSSR count). The highest BCUT2D eigenvalue weighted by atomic mass is 16.4. The predicted octanol–water partition coefficient (Wildman–Crippen LogP) is 2.27. The van der Waals surface area contributed by atoms with Gasteiger partial charge in [0.25, 0.3) is 0 Å². The average molecular weight is 1260 g/mol. The summed E-state index contributed by atoms with van der Waals surface area (Å²) in [5.74, 6) is -11.0. The maximum atomic E-state index is 15.1. The lowest BCUT2D eigenvalue weighted by Crippen LogP contribution is -2.61. The molecule has 26 nitrogen and oxygen atoms in total. The van der Waals surface area contributed by atoms with Crippen LogP contribution in [0, 0.1) is 41.4 Å². The summed E-state index contributed by atoms with van der Waals surface area (Å²) in [6, 6.07) is -10.8. The first-order chi connectivity index (χ1) is 41.0. The SMILES string of the molecule is CC(=O)N(CCC(=O)O)CCC(C)CC1C(=O)NCC(=O)N(C)CC(=O)N(C)C(CC(C)C)C(=O)NC(C(C)C)C(=O)N(C)C(CC(C)C)C(=O)NC(C)C(=O)NC(C)C(=O)N(C)C(CC(C)C)C(=O)N(C)C(CC(C)C)C(=O)N(C)C(C(C)C)C(=O)N1C. The molecule has 0 aromatic rings. The number of carbonyl (C=O) groups excluding carboxylic acids is 12. The molecule has 0 aromatic heterocycles. The maximum absolute atomic E-state index is 15.1. The Morgan fingerprint density at radius 2 is 0.888 bits per heavy atom. The van der Waals surface area contributed by atoms with Gasteiger partial charge in [-0.1, -0.05) is 90.0 Å². The summed E-state index contributed by atoms with van der Waals surface area (Å²) in [5, 5.41) is 20.2. The van der Waals surface area contributed by atoms with Crippen LogP contribution in [0.4, 0.5) is 0 Å². The molecule has 508 valence electrons. The van der Waals surface area contributed by atoms with Crippen LogP contribution < -0.4 is 21.3 Å². The average Bonchev–Trinajstić information content (AvgIpc) is 1.20. The minimum atomic E-state index is -1.30. The van der Waals surface area contributed by atoms with Gasteiger partial charge in [0.05, 0.1) is 19.5 Å². The Morgan fingerprint density at radius 1 is 0.472 bits per heavy atom. The standard InChI is InChI=1S/C63H112N12O14/c1-35(2)28-45-58(84)67-53(39(9)10)62(88)70(19)46(29-36(3)4)57(83)65-42(14)55(81)66-43(15)59(85)72(21)48(30-37(5)6)60(86)73(22)49(31-38(7)8)61(87)74(23)54(40(11)12)63(89)71(20)47(32-41(13)24-26-75(44(16)76)27-25-52(79)80)56(82)64-33-50(77)68(17)34-51(78)69(45)18/h35-43,45-49,53-54H,24-34H2,1-23H3,(H,64,82)(H,65,83)(H,66,81)(H,67,84)(H,79,80). The zero-order chi connectivity index (χ0) is 69.0.